The molecule has 0 saturated carbocycles. The normalized spacial score (nSPS) is 17.1. The molecule has 1 saturated heterocycles. The van der Waals surface area contributed by atoms with Gasteiger partial charge in [0.2, 0.25) is 0 Å². The highest BCUT2D eigenvalue weighted by atomic mass is 16.6. The standard InChI is InChI=1S/C20H24O5/c1-21-17-7-3-15(4-8-17)11-23-13-19(20-14-25-20)24-12-16-5-9-18(22-2)10-6-16/h3-10,19-20H,11-14H2,1-2H3/t19-,20+/m0/s1. The monoisotopic (exact) mass is 344 g/mol. The molecule has 0 N–H and O–H groups in total. The Morgan fingerprint density at radius 2 is 1.40 bits per heavy atom. The molecule has 0 bridgehead atoms. The summed E-state index contributed by atoms with van der Waals surface area (Å²) in [5, 5.41) is 0. The van der Waals surface area contributed by atoms with Gasteiger partial charge >= 0.3 is 0 Å². The minimum atomic E-state index is -0.0552. The third-order valence-corrected chi connectivity index (χ3v) is 4.11. The van der Waals surface area contributed by atoms with E-state index in [2.05, 4.69) is 0 Å². The minimum absolute atomic E-state index is 0.0552. The Bertz CT molecular complexity index is 634. The molecule has 134 valence electrons. The number of epoxide rings is 1. The van der Waals surface area contributed by atoms with Crippen molar-refractivity contribution in [2.24, 2.45) is 0 Å². The van der Waals surface area contributed by atoms with Crippen LogP contribution in [0.25, 0.3) is 0 Å². The molecule has 0 unspecified atom stereocenters. The molecule has 5 nitrogen and oxygen atoms in total. The first-order valence-corrected chi connectivity index (χ1v) is 8.35. The van der Waals surface area contributed by atoms with Gasteiger partial charge in [-0.15, -0.1) is 0 Å². The zero-order valence-corrected chi connectivity index (χ0v) is 14.6. The summed E-state index contributed by atoms with van der Waals surface area (Å²) in [7, 11) is 3.32. The van der Waals surface area contributed by atoms with E-state index in [0.29, 0.717) is 19.8 Å². The van der Waals surface area contributed by atoms with Crippen LogP contribution in [0, 0.1) is 0 Å². The third-order valence-electron chi connectivity index (χ3n) is 4.11. The van der Waals surface area contributed by atoms with E-state index in [4.69, 9.17) is 23.7 Å². The first-order valence-electron chi connectivity index (χ1n) is 8.35. The third kappa shape index (κ3) is 5.46. The first kappa shape index (κ1) is 17.7. The Morgan fingerprint density at radius 1 is 0.880 bits per heavy atom. The molecule has 2 atom stereocenters. The zero-order chi connectivity index (χ0) is 17.5. The van der Waals surface area contributed by atoms with Gasteiger partial charge in [0.05, 0.1) is 40.6 Å². The Balaban J connectivity index is 1.44. The summed E-state index contributed by atoms with van der Waals surface area (Å²) in [5.41, 5.74) is 2.20. The SMILES string of the molecule is COc1ccc(COC[C@H](OCc2ccc(OC)cc2)[C@H]2CO2)cc1. The highest BCUT2D eigenvalue weighted by molar-refractivity contribution is 5.27. The van der Waals surface area contributed by atoms with Crippen molar-refractivity contribution < 1.29 is 23.7 Å². The van der Waals surface area contributed by atoms with E-state index in [-0.39, 0.29) is 12.2 Å². The first-order chi connectivity index (χ1) is 12.3. The molecule has 0 amide bonds. The van der Waals surface area contributed by atoms with Gasteiger partial charge < -0.3 is 23.7 Å². The average Bonchev–Trinajstić information content (AvgIpc) is 3.50. The van der Waals surface area contributed by atoms with Crippen LogP contribution in [-0.4, -0.2) is 39.6 Å². The predicted octanol–water partition coefficient (Wildman–Crippen LogP) is 3.20. The molecular weight excluding hydrogens is 320 g/mol. The number of methoxy groups -OCH3 is 2. The highest BCUT2D eigenvalue weighted by Crippen LogP contribution is 2.20. The van der Waals surface area contributed by atoms with Crippen LogP contribution in [0.1, 0.15) is 11.1 Å². The van der Waals surface area contributed by atoms with Crippen molar-refractivity contribution in [1.82, 2.24) is 0 Å². The lowest BCUT2D eigenvalue weighted by Gasteiger charge is -2.16. The molecule has 1 heterocycles. The Morgan fingerprint density at radius 3 is 1.88 bits per heavy atom. The molecule has 2 aromatic carbocycles. The molecule has 25 heavy (non-hydrogen) atoms. The van der Waals surface area contributed by atoms with Gasteiger partial charge in [-0.1, -0.05) is 24.3 Å². The second-order valence-corrected chi connectivity index (χ2v) is 5.93. The number of hydrogen-bond acceptors (Lipinski definition) is 5. The predicted molar refractivity (Wildman–Crippen MR) is 94.0 cm³/mol. The minimum Gasteiger partial charge on any atom is -0.497 e. The molecule has 0 radical (unpaired) electrons. The topological polar surface area (TPSA) is 49.5 Å². The van der Waals surface area contributed by atoms with Gasteiger partial charge in [0.1, 0.15) is 23.7 Å². The van der Waals surface area contributed by atoms with Gasteiger partial charge in [-0.3, -0.25) is 0 Å². The van der Waals surface area contributed by atoms with Crippen LogP contribution in [0.4, 0.5) is 0 Å². The molecule has 0 spiro atoms. The second-order valence-electron chi connectivity index (χ2n) is 5.93. The van der Waals surface area contributed by atoms with E-state index in [1.165, 1.54) is 0 Å². The van der Waals surface area contributed by atoms with E-state index in [0.717, 1.165) is 29.2 Å². The van der Waals surface area contributed by atoms with Gasteiger partial charge in [0, 0.05) is 0 Å². The lowest BCUT2D eigenvalue weighted by Crippen LogP contribution is -2.25. The maximum atomic E-state index is 5.99. The van der Waals surface area contributed by atoms with E-state index in [1.54, 1.807) is 14.2 Å². The Kier molecular flexibility index (Phi) is 6.28. The van der Waals surface area contributed by atoms with Crippen molar-refractivity contribution in [2.75, 3.05) is 27.4 Å². The smallest absolute Gasteiger partial charge is 0.118 e. The van der Waals surface area contributed by atoms with Crippen LogP contribution >= 0.6 is 0 Å². The van der Waals surface area contributed by atoms with E-state index in [9.17, 15) is 0 Å². The molecule has 0 aromatic heterocycles. The van der Waals surface area contributed by atoms with Crippen molar-refractivity contribution in [3.05, 3.63) is 59.7 Å². The molecule has 1 aliphatic heterocycles. The number of rotatable bonds is 10. The molecule has 1 fully saturated rings. The van der Waals surface area contributed by atoms with Crippen molar-refractivity contribution in [2.45, 2.75) is 25.4 Å². The molecule has 2 aromatic rings. The summed E-state index contributed by atoms with van der Waals surface area (Å²) in [6.07, 6.45) is 0.0782. The molecule has 0 aliphatic carbocycles. The zero-order valence-electron chi connectivity index (χ0n) is 14.6. The fourth-order valence-corrected chi connectivity index (χ4v) is 2.47. The number of benzene rings is 2. The van der Waals surface area contributed by atoms with Crippen molar-refractivity contribution in [3.63, 3.8) is 0 Å². The van der Waals surface area contributed by atoms with Crippen molar-refractivity contribution in [1.29, 1.82) is 0 Å². The quantitative estimate of drug-likeness (QED) is 0.620. The fourth-order valence-electron chi connectivity index (χ4n) is 2.47. The summed E-state index contributed by atoms with van der Waals surface area (Å²) in [6.45, 7) is 2.31. The highest BCUT2D eigenvalue weighted by Gasteiger charge is 2.33. The lowest BCUT2D eigenvalue weighted by molar-refractivity contribution is -0.0417. The van der Waals surface area contributed by atoms with Crippen LogP contribution < -0.4 is 9.47 Å². The Labute approximate surface area is 148 Å². The summed E-state index contributed by atoms with van der Waals surface area (Å²) in [4.78, 5) is 0. The van der Waals surface area contributed by atoms with Crippen LogP contribution in [0.5, 0.6) is 11.5 Å². The number of hydrogen-bond donors (Lipinski definition) is 0. The maximum absolute atomic E-state index is 5.99. The summed E-state index contributed by atoms with van der Waals surface area (Å²) in [6, 6.07) is 15.7. The van der Waals surface area contributed by atoms with Crippen LogP contribution in [0.2, 0.25) is 0 Å². The van der Waals surface area contributed by atoms with Gasteiger partial charge in [-0.2, -0.15) is 0 Å². The van der Waals surface area contributed by atoms with Crippen LogP contribution in [0.15, 0.2) is 48.5 Å². The molecule has 3 rings (SSSR count). The van der Waals surface area contributed by atoms with E-state index < -0.39 is 0 Å². The van der Waals surface area contributed by atoms with E-state index >= 15 is 0 Å². The van der Waals surface area contributed by atoms with E-state index in [1.807, 2.05) is 48.5 Å². The molecule has 5 heteroatoms. The van der Waals surface area contributed by atoms with Crippen molar-refractivity contribution in [3.8, 4) is 11.5 Å². The molecule has 1 aliphatic rings. The second kappa shape index (κ2) is 8.85. The van der Waals surface area contributed by atoms with Crippen LogP contribution in [-0.2, 0) is 27.4 Å². The van der Waals surface area contributed by atoms with Gasteiger partial charge in [-0.25, -0.2) is 0 Å². The largest absolute Gasteiger partial charge is 0.497 e. The summed E-state index contributed by atoms with van der Waals surface area (Å²) >= 11 is 0. The fraction of sp³-hybridized carbons (Fsp3) is 0.400. The molecular formula is C20H24O5. The van der Waals surface area contributed by atoms with Gasteiger partial charge in [-0.05, 0) is 35.4 Å². The van der Waals surface area contributed by atoms with Crippen LogP contribution in [0.3, 0.4) is 0 Å². The summed E-state index contributed by atoms with van der Waals surface area (Å²) in [5.74, 6) is 1.68. The van der Waals surface area contributed by atoms with Crippen molar-refractivity contribution >= 4 is 0 Å². The maximum Gasteiger partial charge on any atom is 0.118 e. The number of ether oxygens (including phenoxy) is 5. The summed E-state index contributed by atoms with van der Waals surface area (Å²) < 4.78 is 27.5. The Hall–Kier alpha value is -2.08. The average molecular weight is 344 g/mol. The van der Waals surface area contributed by atoms with Gasteiger partial charge in [0.15, 0.2) is 0 Å². The lowest BCUT2D eigenvalue weighted by atomic mass is 10.2. The van der Waals surface area contributed by atoms with Gasteiger partial charge in [0.25, 0.3) is 0 Å².